The summed E-state index contributed by atoms with van der Waals surface area (Å²) in [5.74, 6) is 0.219. The summed E-state index contributed by atoms with van der Waals surface area (Å²) in [4.78, 5) is 22.2. The molecule has 10 nitrogen and oxygen atoms in total. The maximum absolute atomic E-state index is 12.8. The highest BCUT2D eigenvalue weighted by molar-refractivity contribution is 7.91. The third-order valence-electron chi connectivity index (χ3n) is 10.7. The Labute approximate surface area is 286 Å². The fourth-order valence-electron chi connectivity index (χ4n) is 8.26. The lowest BCUT2D eigenvalue weighted by molar-refractivity contribution is -0.126. The first-order chi connectivity index (χ1) is 23.1. The molecule has 2 fully saturated rings. The number of hydrogen-bond acceptors (Lipinski definition) is 9. The monoisotopic (exact) mass is 695 g/mol. The minimum absolute atomic E-state index is 0.00308. The molecule has 7 rings (SSSR count). The van der Waals surface area contributed by atoms with Crippen molar-refractivity contribution in [3.05, 3.63) is 76.6 Å². The van der Waals surface area contributed by atoms with E-state index in [1.807, 2.05) is 6.07 Å². The number of carbonyl (C=O) groups is 1. The Hall–Kier alpha value is -3.25. The van der Waals surface area contributed by atoms with Gasteiger partial charge in [-0.1, -0.05) is 17.7 Å². The van der Waals surface area contributed by atoms with Crippen LogP contribution in [0.5, 0.6) is 5.75 Å². The summed E-state index contributed by atoms with van der Waals surface area (Å²) in [7, 11) is -3.66. The highest BCUT2D eigenvalue weighted by atomic mass is 35.5. The quantitative estimate of drug-likeness (QED) is 0.276. The summed E-state index contributed by atoms with van der Waals surface area (Å²) in [5.41, 5.74) is 3.34. The van der Waals surface area contributed by atoms with Crippen LogP contribution < -0.4 is 9.64 Å². The molecule has 12 heteroatoms. The van der Waals surface area contributed by atoms with Crippen LogP contribution in [0.4, 0.5) is 5.69 Å². The first-order valence-electron chi connectivity index (χ1n) is 16.9. The number of sulfone groups is 1. The summed E-state index contributed by atoms with van der Waals surface area (Å²) >= 11 is 6.41. The maximum Gasteiger partial charge on any atom is 0.335 e. The number of halogens is 1. The Morgan fingerprint density at radius 2 is 2.00 bits per heavy atom. The molecule has 0 radical (unpaired) electrons. The van der Waals surface area contributed by atoms with Crippen molar-refractivity contribution in [2.24, 2.45) is 11.8 Å². The second-order valence-electron chi connectivity index (χ2n) is 13.9. The number of hydrogen-bond donors (Lipinski definition) is 1. The molecule has 3 aromatic rings. The topological polar surface area (TPSA) is 128 Å². The number of aromatic nitrogens is 2. The standard InChI is InChI=1S/C36H42ClN3O7S/c1-23(20-48(43,44)35-38-13-3-14-39-35)47-28-11-15-45-33(18-28)29-8-5-26(29)19-40-21-36(12-2-4-24-16-27(37)7-9-30(24)36)22-46-32-10-6-25(34(41)42)17-31(32)40/h3,6-7,9-10,13-14,16-17,23,26,28-29,33H,2,4-5,8,11-12,15,18-22H2,1H3,(H,41,42)/t23?,26-,28-,29+,33+,36?/m0/s1. The molecule has 0 bridgehead atoms. The fraction of sp³-hybridized carbons (Fsp3) is 0.528. The van der Waals surface area contributed by atoms with Gasteiger partial charge in [0.2, 0.25) is 15.0 Å². The van der Waals surface area contributed by atoms with Crippen LogP contribution in [0.15, 0.2) is 60.0 Å². The minimum atomic E-state index is -3.66. The number of carboxylic acid groups (broad SMARTS) is 1. The van der Waals surface area contributed by atoms with E-state index in [0.717, 1.165) is 55.9 Å². The molecule has 1 saturated heterocycles. The number of benzene rings is 2. The van der Waals surface area contributed by atoms with Crippen molar-refractivity contribution >= 4 is 33.1 Å². The van der Waals surface area contributed by atoms with Crippen LogP contribution in [-0.4, -0.2) is 79.8 Å². The minimum Gasteiger partial charge on any atom is -0.490 e. The number of carboxylic acids is 1. The van der Waals surface area contributed by atoms with Gasteiger partial charge >= 0.3 is 5.97 Å². The van der Waals surface area contributed by atoms with E-state index in [1.54, 1.807) is 31.2 Å². The smallest absolute Gasteiger partial charge is 0.335 e. The van der Waals surface area contributed by atoms with E-state index in [0.29, 0.717) is 43.6 Å². The first-order valence-corrected chi connectivity index (χ1v) is 18.9. The maximum atomic E-state index is 12.8. The van der Waals surface area contributed by atoms with Crippen LogP contribution >= 0.6 is 11.6 Å². The molecule has 1 spiro atoms. The molecule has 2 aliphatic carbocycles. The molecule has 4 aliphatic rings. The van der Waals surface area contributed by atoms with E-state index in [4.69, 9.17) is 25.8 Å². The van der Waals surface area contributed by atoms with Gasteiger partial charge in [0.25, 0.3) is 0 Å². The second kappa shape index (κ2) is 13.6. The third-order valence-corrected chi connectivity index (χ3v) is 12.6. The molecule has 0 amide bonds. The molecule has 256 valence electrons. The van der Waals surface area contributed by atoms with Gasteiger partial charge < -0.3 is 24.2 Å². The van der Waals surface area contributed by atoms with Gasteiger partial charge in [0, 0.05) is 48.9 Å². The summed E-state index contributed by atoms with van der Waals surface area (Å²) < 4.78 is 44.8. The number of aromatic carboxylic acids is 1. The summed E-state index contributed by atoms with van der Waals surface area (Å²) in [6.07, 6.45) is 8.72. The molecule has 2 aliphatic heterocycles. The van der Waals surface area contributed by atoms with Crippen LogP contribution in [0.2, 0.25) is 5.02 Å². The lowest BCUT2D eigenvalue weighted by atomic mass is 9.67. The molecule has 48 heavy (non-hydrogen) atoms. The highest BCUT2D eigenvalue weighted by Gasteiger charge is 2.45. The number of nitrogens with zero attached hydrogens (tertiary/aromatic N) is 3. The Morgan fingerprint density at radius 3 is 2.77 bits per heavy atom. The molecule has 1 N–H and O–H groups in total. The van der Waals surface area contributed by atoms with Crippen LogP contribution in [0.25, 0.3) is 0 Å². The van der Waals surface area contributed by atoms with Crippen LogP contribution in [0, 0.1) is 11.8 Å². The zero-order valence-corrected chi connectivity index (χ0v) is 28.7. The zero-order valence-electron chi connectivity index (χ0n) is 27.1. The molecular weight excluding hydrogens is 654 g/mol. The van der Waals surface area contributed by atoms with Gasteiger partial charge in [-0.25, -0.2) is 23.2 Å². The number of aryl methyl sites for hydroxylation is 1. The highest BCUT2D eigenvalue weighted by Crippen LogP contribution is 2.47. The van der Waals surface area contributed by atoms with Crippen molar-refractivity contribution in [1.82, 2.24) is 9.97 Å². The van der Waals surface area contributed by atoms with Gasteiger partial charge in [-0.3, -0.25) is 0 Å². The Balaban J connectivity index is 1.08. The lowest BCUT2D eigenvalue weighted by Crippen LogP contribution is -2.51. The number of rotatable bonds is 9. The predicted molar refractivity (Wildman–Crippen MR) is 181 cm³/mol. The zero-order chi connectivity index (χ0) is 33.5. The molecule has 2 aromatic carbocycles. The second-order valence-corrected chi connectivity index (χ2v) is 16.3. The normalized spacial score (nSPS) is 27.6. The van der Waals surface area contributed by atoms with Crippen molar-refractivity contribution in [2.45, 2.75) is 80.8 Å². The first kappa shape index (κ1) is 33.3. The number of ether oxygens (including phenoxy) is 3. The fourth-order valence-corrected chi connectivity index (χ4v) is 9.74. The van der Waals surface area contributed by atoms with Crippen LogP contribution in [0.1, 0.15) is 66.9 Å². The van der Waals surface area contributed by atoms with Gasteiger partial charge in [0.15, 0.2) is 0 Å². The molecule has 2 unspecified atom stereocenters. The third kappa shape index (κ3) is 6.79. The van der Waals surface area contributed by atoms with Crippen molar-refractivity contribution in [2.75, 3.05) is 37.0 Å². The van der Waals surface area contributed by atoms with E-state index in [1.165, 1.54) is 23.5 Å². The van der Waals surface area contributed by atoms with Gasteiger partial charge in [-0.05, 0) is 105 Å². The van der Waals surface area contributed by atoms with Crippen molar-refractivity contribution in [3.63, 3.8) is 0 Å². The molecular formula is C36H42ClN3O7S. The predicted octanol–water partition coefficient (Wildman–Crippen LogP) is 5.75. The van der Waals surface area contributed by atoms with Gasteiger partial charge in [-0.15, -0.1) is 0 Å². The van der Waals surface area contributed by atoms with E-state index in [9.17, 15) is 18.3 Å². The molecule has 1 saturated carbocycles. The summed E-state index contributed by atoms with van der Waals surface area (Å²) in [6.45, 7) is 4.33. The van der Waals surface area contributed by atoms with Gasteiger partial charge in [0.1, 0.15) is 5.75 Å². The summed E-state index contributed by atoms with van der Waals surface area (Å²) in [6, 6.07) is 13.0. The van der Waals surface area contributed by atoms with Crippen molar-refractivity contribution in [1.29, 1.82) is 0 Å². The van der Waals surface area contributed by atoms with E-state index in [-0.39, 0.29) is 34.1 Å². The van der Waals surface area contributed by atoms with Crippen molar-refractivity contribution in [3.8, 4) is 5.75 Å². The lowest BCUT2D eigenvalue weighted by Gasteiger charge is -2.48. The molecule has 3 heterocycles. The van der Waals surface area contributed by atoms with E-state index >= 15 is 0 Å². The van der Waals surface area contributed by atoms with Crippen LogP contribution in [0.3, 0.4) is 0 Å². The van der Waals surface area contributed by atoms with Crippen molar-refractivity contribution < 1.29 is 32.5 Å². The van der Waals surface area contributed by atoms with E-state index in [2.05, 4.69) is 27.0 Å². The molecule has 6 atom stereocenters. The number of anilines is 1. The van der Waals surface area contributed by atoms with Gasteiger partial charge in [-0.2, -0.15) is 0 Å². The van der Waals surface area contributed by atoms with Crippen LogP contribution in [-0.2, 0) is 31.1 Å². The molecule has 1 aromatic heterocycles. The Morgan fingerprint density at radius 1 is 1.17 bits per heavy atom. The largest absolute Gasteiger partial charge is 0.490 e. The average Bonchev–Trinajstić information content (AvgIpc) is 3.20. The average molecular weight is 696 g/mol. The Kier molecular flexibility index (Phi) is 9.40. The van der Waals surface area contributed by atoms with Gasteiger partial charge in [0.05, 0.1) is 41.9 Å². The SMILES string of the molecule is CC(CS(=O)(=O)c1ncccn1)O[C@H]1CCO[C@@H]([C@@H]2CC[C@H]2CN2CC3(CCCc4cc(Cl)ccc43)COc3ccc(C(=O)O)cc32)C1. The summed E-state index contributed by atoms with van der Waals surface area (Å²) in [5, 5.41) is 10.4. The van der Waals surface area contributed by atoms with E-state index < -0.39 is 21.9 Å². The Bertz CT molecular complexity index is 1760. The number of fused-ring (bicyclic) bond motifs is 3.